The van der Waals surface area contributed by atoms with Gasteiger partial charge in [0.2, 0.25) is 0 Å². The molecular weight excluding hydrogens is 412 g/mol. The van der Waals surface area contributed by atoms with Crippen molar-refractivity contribution < 1.29 is 14.3 Å². The van der Waals surface area contributed by atoms with Crippen LogP contribution in [0.1, 0.15) is 36.2 Å². The quantitative estimate of drug-likeness (QED) is 0.654. The summed E-state index contributed by atoms with van der Waals surface area (Å²) in [5, 5.41) is 3.76. The van der Waals surface area contributed by atoms with Gasteiger partial charge in [0.25, 0.3) is 11.1 Å². The van der Waals surface area contributed by atoms with Gasteiger partial charge in [-0.1, -0.05) is 11.3 Å². The zero-order chi connectivity index (χ0) is 21.2. The number of thiazole rings is 1. The van der Waals surface area contributed by atoms with Crippen molar-refractivity contribution in [3.63, 3.8) is 0 Å². The summed E-state index contributed by atoms with van der Waals surface area (Å²) in [6.45, 7) is 3.71. The first-order valence-electron chi connectivity index (χ1n) is 11.0. The van der Waals surface area contributed by atoms with Crippen molar-refractivity contribution in [2.24, 2.45) is 0 Å². The fraction of sp³-hybridized carbons (Fsp3) is 0.478. The molecule has 8 heteroatoms. The van der Waals surface area contributed by atoms with E-state index in [-0.39, 0.29) is 12.0 Å². The van der Waals surface area contributed by atoms with E-state index in [0.29, 0.717) is 11.7 Å². The molecule has 2 saturated heterocycles. The van der Waals surface area contributed by atoms with E-state index in [1.54, 1.807) is 24.6 Å². The lowest BCUT2D eigenvalue weighted by Crippen LogP contribution is -2.50. The molecule has 0 spiro atoms. The summed E-state index contributed by atoms with van der Waals surface area (Å²) in [6.07, 6.45) is 6.19. The summed E-state index contributed by atoms with van der Waals surface area (Å²) < 4.78 is 11.3. The maximum atomic E-state index is 13.0. The smallest absolute Gasteiger partial charge is 0.273 e. The minimum Gasteiger partial charge on any atom is -0.497 e. The molecule has 5 rings (SSSR count). The van der Waals surface area contributed by atoms with Crippen LogP contribution in [0.15, 0.2) is 35.8 Å². The molecule has 31 heavy (non-hydrogen) atoms. The number of aromatic amines is 1. The van der Waals surface area contributed by atoms with Crippen LogP contribution in [0.4, 0.5) is 0 Å². The Morgan fingerprint density at radius 3 is 2.65 bits per heavy atom. The van der Waals surface area contributed by atoms with Gasteiger partial charge in [0.15, 0.2) is 0 Å². The molecule has 1 aromatic carbocycles. The van der Waals surface area contributed by atoms with Gasteiger partial charge in [-0.2, -0.15) is 0 Å². The number of H-pyrrole nitrogens is 1. The first kappa shape index (κ1) is 20.3. The molecule has 7 nitrogen and oxygen atoms in total. The third kappa shape index (κ3) is 4.41. The van der Waals surface area contributed by atoms with Crippen LogP contribution in [0, 0.1) is 0 Å². The zero-order valence-electron chi connectivity index (χ0n) is 17.8. The number of carbonyl (C=O) groups excluding carboxylic acids is 1. The van der Waals surface area contributed by atoms with E-state index in [1.165, 1.54) is 0 Å². The van der Waals surface area contributed by atoms with Crippen molar-refractivity contribution in [3.05, 3.63) is 41.5 Å². The molecule has 3 aromatic rings. The Morgan fingerprint density at radius 1 is 1.13 bits per heavy atom. The number of carbonyl (C=O) groups is 1. The van der Waals surface area contributed by atoms with Gasteiger partial charge in [-0.05, 0) is 43.9 Å². The normalized spacial score (nSPS) is 19.1. The average Bonchev–Trinajstić information content (AvgIpc) is 3.48. The molecule has 0 unspecified atom stereocenters. The number of piperidine rings is 2. The lowest BCUT2D eigenvalue weighted by molar-refractivity contribution is 0.0423. The van der Waals surface area contributed by atoms with Crippen LogP contribution >= 0.6 is 11.3 Å². The number of hydrogen-bond acceptors (Lipinski definition) is 6. The SMILES string of the molecule is COc1ccc2cc(C(=O)N3CCC(N4CCC(Oc5nccs5)CC4)CC3)[nH]c2c1. The van der Waals surface area contributed by atoms with Gasteiger partial charge >= 0.3 is 0 Å². The van der Waals surface area contributed by atoms with Crippen molar-refractivity contribution in [1.82, 2.24) is 19.8 Å². The summed E-state index contributed by atoms with van der Waals surface area (Å²) in [5.74, 6) is 0.874. The fourth-order valence-corrected chi connectivity index (χ4v) is 5.27. The van der Waals surface area contributed by atoms with Crippen molar-refractivity contribution in [2.75, 3.05) is 33.3 Å². The molecule has 4 heterocycles. The van der Waals surface area contributed by atoms with Gasteiger partial charge in [-0.3, -0.25) is 9.69 Å². The van der Waals surface area contributed by atoms with Crippen LogP contribution < -0.4 is 9.47 Å². The first-order valence-corrected chi connectivity index (χ1v) is 11.8. The third-order valence-corrected chi connectivity index (χ3v) is 7.14. The Bertz CT molecular complexity index is 1020. The molecular formula is C23H28N4O3S. The van der Waals surface area contributed by atoms with Crippen LogP contribution in [-0.4, -0.2) is 71.1 Å². The fourth-order valence-electron chi connectivity index (χ4n) is 4.72. The predicted octanol–water partition coefficient (Wildman–Crippen LogP) is 3.78. The number of aromatic nitrogens is 2. The maximum absolute atomic E-state index is 13.0. The highest BCUT2D eigenvalue weighted by Gasteiger charge is 2.31. The van der Waals surface area contributed by atoms with Crippen LogP contribution in [0.2, 0.25) is 0 Å². The van der Waals surface area contributed by atoms with E-state index >= 15 is 0 Å². The lowest BCUT2D eigenvalue weighted by Gasteiger charge is -2.41. The van der Waals surface area contributed by atoms with Crippen molar-refractivity contribution in [1.29, 1.82) is 0 Å². The molecule has 2 fully saturated rings. The number of hydrogen-bond donors (Lipinski definition) is 1. The molecule has 1 amide bonds. The average molecular weight is 441 g/mol. The Hall–Kier alpha value is -2.58. The largest absolute Gasteiger partial charge is 0.497 e. The molecule has 164 valence electrons. The molecule has 1 N–H and O–H groups in total. The molecule has 2 aliphatic heterocycles. The molecule has 2 aromatic heterocycles. The number of amides is 1. The number of likely N-dealkylation sites (tertiary alicyclic amines) is 2. The summed E-state index contributed by atoms with van der Waals surface area (Å²) in [5.41, 5.74) is 1.59. The number of rotatable bonds is 5. The van der Waals surface area contributed by atoms with Gasteiger partial charge in [0, 0.05) is 60.8 Å². The Balaban J connectivity index is 1.13. The van der Waals surface area contributed by atoms with E-state index < -0.39 is 0 Å². The van der Waals surface area contributed by atoms with Crippen molar-refractivity contribution >= 4 is 28.1 Å². The number of ether oxygens (including phenoxy) is 2. The van der Waals surface area contributed by atoms with Gasteiger partial charge in [-0.15, -0.1) is 0 Å². The highest BCUT2D eigenvalue weighted by atomic mass is 32.1. The van der Waals surface area contributed by atoms with E-state index in [2.05, 4.69) is 14.9 Å². The predicted molar refractivity (Wildman–Crippen MR) is 121 cm³/mol. The minimum atomic E-state index is 0.0872. The maximum Gasteiger partial charge on any atom is 0.273 e. The lowest BCUT2D eigenvalue weighted by atomic mass is 9.98. The first-order chi connectivity index (χ1) is 15.2. The molecule has 0 aliphatic carbocycles. The van der Waals surface area contributed by atoms with Crippen LogP contribution in [0.5, 0.6) is 10.9 Å². The summed E-state index contributed by atoms with van der Waals surface area (Å²) in [7, 11) is 1.65. The molecule has 0 bridgehead atoms. The van der Waals surface area contributed by atoms with Gasteiger partial charge < -0.3 is 19.4 Å². The second-order valence-electron chi connectivity index (χ2n) is 8.31. The Morgan fingerprint density at radius 2 is 1.94 bits per heavy atom. The second kappa shape index (κ2) is 8.88. The van der Waals surface area contributed by atoms with Crippen molar-refractivity contribution in [3.8, 4) is 10.9 Å². The topological polar surface area (TPSA) is 70.7 Å². The third-order valence-electron chi connectivity index (χ3n) is 6.48. The van der Waals surface area contributed by atoms with Gasteiger partial charge in [-0.25, -0.2) is 4.98 Å². The van der Waals surface area contributed by atoms with Crippen LogP contribution in [0.25, 0.3) is 10.9 Å². The Labute approximate surface area is 186 Å². The van der Waals surface area contributed by atoms with E-state index in [1.807, 2.05) is 34.5 Å². The van der Waals surface area contributed by atoms with E-state index in [4.69, 9.17) is 9.47 Å². The monoisotopic (exact) mass is 440 g/mol. The Kier molecular flexibility index (Phi) is 5.82. The number of fused-ring (bicyclic) bond motifs is 1. The summed E-state index contributed by atoms with van der Waals surface area (Å²) in [4.78, 5) is 25.1. The summed E-state index contributed by atoms with van der Waals surface area (Å²) >= 11 is 1.56. The second-order valence-corrected chi connectivity index (χ2v) is 9.17. The standard InChI is InChI=1S/C23H28N4O3S/c1-29-19-3-2-16-14-21(25-20(16)15-19)22(28)27-9-4-17(5-10-27)26-11-6-18(7-12-26)30-23-24-8-13-31-23/h2-3,8,13-15,17-18,25H,4-7,9-12H2,1H3. The molecule has 0 saturated carbocycles. The number of nitrogens with one attached hydrogen (secondary N) is 1. The zero-order valence-corrected chi connectivity index (χ0v) is 18.6. The minimum absolute atomic E-state index is 0.0872. The van der Waals surface area contributed by atoms with E-state index in [9.17, 15) is 4.79 Å². The van der Waals surface area contributed by atoms with Gasteiger partial charge in [0.1, 0.15) is 17.5 Å². The van der Waals surface area contributed by atoms with Gasteiger partial charge in [0.05, 0.1) is 7.11 Å². The number of nitrogens with zero attached hydrogens (tertiary/aromatic N) is 3. The van der Waals surface area contributed by atoms with Crippen LogP contribution in [-0.2, 0) is 0 Å². The molecule has 2 aliphatic rings. The van der Waals surface area contributed by atoms with E-state index in [0.717, 1.165) is 73.7 Å². The molecule has 0 radical (unpaired) electrons. The number of methoxy groups -OCH3 is 1. The number of benzene rings is 1. The van der Waals surface area contributed by atoms with Crippen LogP contribution in [0.3, 0.4) is 0 Å². The highest BCUT2D eigenvalue weighted by Crippen LogP contribution is 2.26. The molecule has 0 atom stereocenters. The van der Waals surface area contributed by atoms with Crippen molar-refractivity contribution in [2.45, 2.75) is 37.8 Å². The summed E-state index contributed by atoms with van der Waals surface area (Å²) in [6, 6.07) is 8.32. The highest BCUT2D eigenvalue weighted by molar-refractivity contribution is 7.11.